The first-order chi connectivity index (χ1) is 9.34. The van der Waals surface area contributed by atoms with Gasteiger partial charge in [-0.15, -0.1) is 0 Å². The van der Waals surface area contributed by atoms with Crippen molar-refractivity contribution < 1.29 is 4.57 Å². The molecule has 92 valence electrons. The molecule has 0 atom stereocenters. The minimum absolute atomic E-state index is 1.19. The number of aryl methyl sites for hydroxylation is 1. The van der Waals surface area contributed by atoms with Crippen LogP contribution in [0.5, 0.6) is 0 Å². The normalized spacial score (nSPS) is 11.2. The van der Waals surface area contributed by atoms with Gasteiger partial charge in [-0.05, 0) is 28.5 Å². The Labute approximate surface area is 113 Å². The van der Waals surface area contributed by atoms with E-state index in [1.807, 2.05) is 6.07 Å². The molecule has 1 nitrogen and oxygen atoms in total. The molecule has 0 radical (unpaired) electrons. The van der Waals surface area contributed by atoms with Gasteiger partial charge in [0.1, 0.15) is 7.05 Å². The number of fused-ring (bicyclic) bond motifs is 1. The molecule has 2 aromatic carbocycles. The summed E-state index contributed by atoms with van der Waals surface area (Å²) >= 11 is 0. The van der Waals surface area contributed by atoms with Crippen molar-refractivity contribution >= 4 is 22.9 Å². The van der Waals surface area contributed by atoms with Gasteiger partial charge in [0.05, 0.1) is 0 Å². The lowest BCUT2D eigenvalue weighted by atomic mass is 10.0. The highest BCUT2D eigenvalue weighted by molar-refractivity contribution is 5.92. The van der Waals surface area contributed by atoms with Crippen LogP contribution in [0.25, 0.3) is 22.9 Å². The Kier molecular flexibility index (Phi) is 3.11. The first kappa shape index (κ1) is 11.7. The summed E-state index contributed by atoms with van der Waals surface area (Å²) < 4.78 is 2.11. The molecule has 1 aromatic heterocycles. The molecular formula is C18H16N+. The predicted octanol–water partition coefficient (Wildman–Crippen LogP) is 3.83. The van der Waals surface area contributed by atoms with Gasteiger partial charge in [-0.2, -0.15) is 0 Å². The topological polar surface area (TPSA) is 3.88 Å². The van der Waals surface area contributed by atoms with Crippen molar-refractivity contribution in [2.24, 2.45) is 7.05 Å². The highest BCUT2D eigenvalue weighted by Gasteiger charge is 2.00. The van der Waals surface area contributed by atoms with E-state index in [2.05, 4.69) is 84.6 Å². The van der Waals surface area contributed by atoms with E-state index in [4.69, 9.17) is 0 Å². The molecule has 0 bridgehead atoms. The fourth-order valence-electron chi connectivity index (χ4n) is 2.28. The lowest BCUT2D eigenvalue weighted by molar-refractivity contribution is -0.673. The van der Waals surface area contributed by atoms with Gasteiger partial charge in [0.25, 0.3) is 0 Å². The second kappa shape index (κ2) is 5.07. The molecule has 0 N–H and O–H groups in total. The zero-order chi connectivity index (χ0) is 13.1. The molecule has 0 aliphatic heterocycles. The van der Waals surface area contributed by atoms with E-state index in [0.717, 1.165) is 0 Å². The van der Waals surface area contributed by atoms with Gasteiger partial charge < -0.3 is 0 Å². The quantitative estimate of drug-likeness (QED) is 0.605. The summed E-state index contributed by atoms with van der Waals surface area (Å²) in [6, 6.07) is 21.1. The number of benzene rings is 2. The van der Waals surface area contributed by atoms with E-state index in [1.165, 1.54) is 22.0 Å². The molecule has 0 aliphatic carbocycles. The average Bonchev–Trinajstić information content (AvgIpc) is 2.46. The Balaban J connectivity index is 2.04. The van der Waals surface area contributed by atoms with Crippen LogP contribution in [0.4, 0.5) is 0 Å². The number of aromatic nitrogens is 1. The molecule has 0 fully saturated rings. The first-order valence-corrected chi connectivity index (χ1v) is 6.45. The second-order valence-corrected chi connectivity index (χ2v) is 4.64. The van der Waals surface area contributed by atoms with Crippen LogP contribution in [0.15, 0.2) is 66.9 Å². The van der Waals surface area contributed by atoms with Gasteiger partial charge in [0.2, 0.25) is 5.69 Å². The van der Waals surface area contributed by atoms with Crippen molar-refractivity contribution in [3.63, 3.8) is 0 Å². The smallest absolute Gasteiger partial charge is 0.202 e. The summed E-state index contributed by atoms with van der Waals surface area (Å²) in [5, 5.41) is 2.57. The predicted molar refractivity (Wildman–Crippen MR) is 80.5 cm³/mol. The largest absolute Gasteiger partial charge is 0.204 e. The monoisotopic (exact) mass is 246 g/mol. The molecule has 0 saturated heterocycles. The van der Waals surface area contributed by atoms with Crippen LogP contribution in [-0.4, -0.2) is 0 Å². The molecule has 0 unspecified atom stereocenters. The van der Waals surface area contributed by atoms with Crippen molar-refractivity contribution in [2.75, 3.05) is 0 Å². The Bertz CT molecular complexity index is 736. The van der Waals surface area contributed by atoms with Gasteiger partial charge in [0, 0.05) is 18.2 Å². The summed E-state index contributed by atoms with van der Waals surface area (Å²) in [7, 11) is 2.06. The number of pyridine rings is 1. The molecule has 3 rings (SSSR count). The molecule has 0 saturated carbocycles. The summed E-state index contributed by atoms with van der Waals surface area (Å²) in [5.74, 6) is 0. The lowest BCUT2D eigenvalue weighted by Crippen LogP contribution is -2.30. The van der Waals surface area contributed by atoms with Crippen LogP contribution in [0.3, 0.4) is 0 Å². The molecule has 0 aliphatic rings. The maximum absolute atomic E-state index is 2.18. The maximum Gasteiger partial charge on any atom is 0.204 e. The summed E-state index contributed by atoms with van der Waals surface area (Å²) in [5.41, 5.74) is 2.44. The Morgan fingerprint density at radius 3 is 2.47 bits per heavy atom. The third kappa shape index (κ3) is 2.41. The number of nitrogens with zero attached hydrogens (tertiary/aromatic N) is 1. The van der Waals surface area contributed by atoms with Crippen LogP contribution in [-0.2, 0) is 7.05 Å². The van der Waals surface area contributed by atoms with Gasteiger partial charge in [-0.1, -0.05) is 42.5 Å². The zero-order valence-corrected chi connectivity index (χ0v) is 11.0. The first-order valence-electron chi connectivity index (χ1n) is 6.45. The number of hydrogen-bond acceptors (Lipinski definition) is 0. The van der Waals surface area contributed by atoms with Gasteiger partial charge in [-0.25, -0.2) is 4.57 Å². The van der Waals surface area contributed by atoms with E-state index >= 15 is 0 Å². The zero-order valence-electron chi connectivity index (χ0n) is 11.0. The molecule has 0 amide bonds. The molecule has 19 heavy (non-hydrogen) atoms. The summed E-state index contributed by atoms with van der Waals surface area (Å²) in [6.45, 7) is 0. The summed E-state index contributed by atoms with van der Waals surface area (Å²) in [6.07, 6.45) is 6.39. The van der Waals surface area contributed by atoms with Crippen LogP contribution in [0, 0.1) is 0 Å². The Morgan fingerprint density at radius 2 is 1.58 bits per heavy atom. The van der Waals surface area contributed by atoms with Gasteiger partial charge in [-0.3, -0.25) is 0 Å². The van der Waals surface area contributed by atoms with Crippen molar-refractivity contribution in [2.45, 2.75) is 0 Å². The standard InChI is InChI=1S/C18H16N/c1-19-14-5-4-10-17(19)13-12-16-9-6-8-15-7-2-3-11-18(15)16/h2-14H,1H3/q+1/b13-12+. The fraction of sp³-hybridized carbons (Fsp3) is 0.0556. The van der Waals surface area contributed by atoms with Crippen molar-refractivity contribution in [1.82, 2.24) is 0 Å². The van der Waals surface area contributed by atoms with Crippen molar-refractivity contribution in [3.8, 4) is 0 Å². The van der Waals surface area contributed by atoms with Gasteiger partial charge in [0.15, 0.2) is 6.20 Å². The lowest BCUT2D eigenvalue weighted by Gasteiger charge is -2.01. The summed E-state index contributed by atoms with van der Waals surface area (Å²) in [4.78, 5) is 0. The molecular weight excluding hydrogens is 230 g/mol. The Morgan fingerprint density at radius 1 is 0.789 bits per heavy atom. The van der Waals surface area contributed by atoms with Crippen LogP contribution >= 0.6 is 0 Å². The van der Waals surface area contributed by atoms with Crippen molar-refractivity contribution in [3.05, 3.63) is 78.1 Å². The van der Waals surface area contributed by atoms with Crippen LogP contribution in [0.1, 0.15) is 11.3 Å². The van der Waals surface area contributed by atoms with E-state index in [1.54, 1.807) is 0 Å². The third-order valence-electron chi connectivity index (χ3n) is 3.35. The third-order valence-corrected chi connectivity index (χ3v) is 3.35. The number of hydrogen-bond donors (Lipinski definition) is 0. The van der Waals surface area contributed by atoms with E-state index in [-0.39, 0.29) is 0 Å². The average molecular weight is 246 g/mol. The molecule has 1 heteroatoms. The molecule has 3 aromatic rings. The van der Waals surface area contributed by atoms with Gasteiger partial charge >= 0.3 is 0 Å². The van der Waals surface area contributed by atoms with E-state index in [0.29, 0.717) is 0 Å². The minimum Gasteiger partial charge on any atom is -0.202 e. The minimum atomic E-state index is 1.19. The molecule has 0 spiro atoms. The highest BCUT2D eigenvalue weighted by Crippen LogP contribution is 2.20. The van der Waals surface area contributed by atoms with E-state index < -0.39 is 0 Å². The van der Waals surface area contributed by atoms with E-state index in [9.17, 15) is 0 Å². The van der Waals surface area contributed by atoms with Crippen LogP contribution < -0.4 is 4.57 Å². The SMILES string of the molecule is C[n+]1ccccc1/C=C/c1cccc2ccccc12. The fourth-order valence-corrected chi connectivity index (χ4v) is 2.28. The van der Waals surface area contributed by atoms with Crippen molar-refractivity contribution in [1.29, 1.82) is 0 Å². The maximum atomic E-state index is 2.18. The number of rotatable bonds is 2. The Hall–Kier alpha value is -2.41. The van der Waals surface area contributed by atoms with Crippen LogP contribution in [0.2, 0.25) is 0 Å². The highest BCUT2D eigenvalue weighted by atomic mass is 14.9. The molecule has 1 heterocycles. The second-order valence-electron chi connectivity index (χ2n) is 4.64.